The van der Waals surface area contributed by atoms with E-state index >= 15 is 0 Å². The summed E-state index contributed by atoms with van der Waals surface area (Å²) in [6.45, 7) is 1.57. The third kappa shape index (κ3) is 3.56. The molecule has 1 aromatic rings. The van der Waals surface area contributed by atoms with Gasteiger partial charge in [-0.25, -0.2) is 0 Å². The third-order valence-corrected chi connectivity index (χ3v) is 3.52. The number of likely N-dealkylation sites (N-methyl/N-ethyl adjacent to an activating group) is 1. The lowest BCUT2D eigenvalue weighted by molar-refractivity contribution is -0.131. The number of rotatable bonds is 4. The molecule has 1 N–H and O–H groups in total. The molecule has 1 atom stereocenters. The molecule has 1 amide bonds. The molecule has 6 heteroatoms. The van der Waals surface area contributed by atoms with Crippen molar-refractivity contribution in [1.82, 2.24) is 10.2 Å². The molecule has 1 aromatic carbocycles. The zero-order chi connectivity index (χ0) is 14.5. The average Bonchev–Trinajstić information content (AvgIpc) is 2.47. The van der Waals surface area contributed by atoms with E-state index in [0.717, 1.165) is 0 Å². The SMILES string of the molecule is CNC(=O)C1COCCN1CC(=O)c1cccc(Cl)c1. The molecule has 0 aliphatic carbocycles. The maximum atomic E-state index is 12.2. The smallest absolute Gasteiger partial charge is 0.239 e. The van der Waals surface area contributed by atoms with Crippen LogP contribution in [0.1, 0.15) is 10.4 Å². The maximum Gasteiger partial charge on any atom is 0.239 e. The van der Waals surface area contributed by atoms with Crippen LogP contribution in [0.15, 0.2) is 24.3 Å². The van der Waals surface area contributed by atoms with Crippen molar-refractivity contribution < 1.29 is 14.3 Å². The summed E-state index contributed by atoms with van der Waals surface area (Å²) in [5, 5.41) is 3.12. The van der Waals surface area contributed by atoms with Gasteiger partial charge in [-0.15, -0.1) is 0 Å². The van der Waals surface area contributed by atoms with Gasteiger partial charge < -0.3 is 10.1 Å². The number of halogens is 1. The van der Waals surface area contributed by atoms with Crippen LogP contribution in [0.5, 0.6) is 0 Å². The predicted octanol–water partition coefficient (Wildman–Crippen LogP) is 0.970. The first-order valence-electron chi connectivity index (χ1n) is 6.44. The number of carbonyl (C=O) groups excluding carboxylic acids is 2. The second kappa shape index (κ2) is 6.83. The van der Waals surface area contributed by atoms with E-state index < -0.39 is 6.04 Å². The van der Waals surface area contributed by atoms with Crippen molar-refractivity contribution in [2.45, 2.75) is 6.04 Å². The van der Waals surface area contributed by atoms with E-state index in [-0.39, 0.29) is 18.2 Å². The number of nitrogens with one attached hydrogen (secondary N) is 1. The molecule has 0 radical (unpaired) electrons. The average molecular weight is 297 g/mol. The lowest BCUT2D eigenvalue weighted by Gasteiger charge is -2.33. The van der Waals surface area contributed by atoms with E-state index in [2.05, 4.69) is 5.32 Å². The van der Waals surface area contributed by atoms with Gasteiger partial charge in [0.25, 0.3) is 0 Å². The second-order valence-corrected chi connectivity index (χ2v) is 5.05. The Hall–Kier alpha value is -1.43. The van der Waals surface area contributed by atoms with Crippen molar-refractivity contribution in [3.8, 4) is 0 Å². The molecular weight excluding hydrogens is 280 g/mol. The standard InChI is InChI=1S/C14H17ClN2O3/c1-16-14(19)12-9-20-6-5-17(12)8-13(18)10-3-2-4-11(15)7-10/h2-4,7,12H,5-6,8-9H2,1H3,(H,16,19). The number of amides is 1. The lowest BCUT2D eigenvalue weighted by atomic mass is 10.1. The number of benzene rings is 1. The highest BCUT2D eigenvalue weighted by molar-refractivity contribution is 6.31. The van der Waals surface area contributed by atoms with Crippen LogP contribution in [0, 0.1) is 0 Å². The summed E-state index contributed by atoms with van der Waals surface area (Å²) >= 11 is 5.88. The normalized spacial score (nSPS) is 19.6. The van der Waals surface area contributed by atoms with Gasteiger partial charge in [0.05, 0.1) is 19.8 Å². The number of hydrogen-bond donors (Lipinski definition) is 1. The minimum absolute atomic E-state index is 0.0525. The van der Waals surface area contributed by atoms with Crippen LogP contribution in [0.2, 0.25) is 5.02 Å². The van der Waals surface area contributed by atoms with E-state index in [4.69, 9.17) is 16.3 Å². The van der Waals surface area contributed by atoms with E-state index in [1.807, 2.05) is 4.90 Å². The Labute approximate surface area is 122 Å². The molecule has 1 unspecified atom stereocenters. The largest absolute Gasteiger partial charge is 0.378 e. The van der Waals surface area contributed by atoms with Crippen molar-refractivity contribution in [3.05, 3.63) is 34.9 Å². The highest BCUT2D eigenvalue weighted by Crippen LogP contribution is 2.13. The molecule has 0 spiro atoms. The molecule has 0 bridgehead atoms. The van der Waals surface area contributed by atoms with Gasteiger partial charge in [-0.1, -0.05) is 23.7 Å². The first-order chi connectivity index (χ1) is 9.61. The number of nitrogens with zero attached hydrogens (tertiary/aromatic N) is 1. The summed E-state index contributed by atoms with van der Waals surface area (Å²) in [7, 11) is 1.58. The Kier molecular flexibility index (Phi) is 5.11. The number of ketones is 1. The van der Waals surface area contributed by atoms with E-state index in [9.17, 15) is 9.59 Å². The summed E-state index contributed by atoms with van der Waals surface area (Å²) in [5.74, 6) is -0.188. The Balaban J connectivity index is 2.07. The van der Waals surface area contributed by atoms with Crippen molar-refractivity contribution in [1.29, 1.82) is 0 Å². The molecule has 0 aromatic heterocycles. The Morgan fingerprint density at radius 2 is 2.30 bits per heavy atom. The zero-order valence-corrected chi connectivity index (χ0v) is 12.0. The zero-order valence-electron chi connectivity index (χ0n) is 11.3. The van der Waals surface area contributed by atoms with E-state index in [0.29, 0.717) is 30.3 Å². The van der Waals surface area contributed by atoms with E-state index in [1.54, 1.807) is 31.3 Å². The van der Waals surface area contributed by atoms with E-state index in [1.165, 1.54) is 0 Å². The molecule has 0 saturated carbocycles. The van der Waals surface area contributed by atoms with Crippen LogP contribution in [0.25, 0.3) is 0 Å². The fourth-order valence-electron chi connectivity index (χ4n) is 2.17. The summed E-state index contributed by atoms with van der Waals surface area (Å²) in [6.07, 6.45) is 0. The second-order valence-electron chi connectivity index (χ2n) is 4.61. The number of Topliss-reactive ketones (excluding diaryl/α,β-unsaturated/α-hetero) is 1. The van der Waals surface area contributed by atoms with Crippen LogP contribution >= 0.6 is 11.6 Å². The molecule has 108 valence electrons. The molecule has 1 aliphatic heterocycles. The summed E-state index contributed by atoms with van der Waals surface area (Å²) in [4.78, 5) is 25.9. The molecule has 1 saturated heterocycles. The molecule has 1 heterocycles. The molecule has 1 aliphatic rings. The Morgan fingerprint density at radius 3 is 3.00 bits per heavy atom. The first-order valence-corrected chi connectivity index (χ1v) is 6.82. The number of ether oxygens (including phenoxy) is 1. The fraction of sp³-hybridized carbons (Fsp3) is 0.429. The van der Waals surface area contributed by atoms with Crippen molar-refractivity contribution in [3.63, 3.8) is 0 Å². The first kappa shape index (κ1) is 15.0. The van der Waals surface area contributed by atoms with Crippen molar-refractivity contribution in [2.24, 2.45) is 0 Å². The number of carbonyl (C=O) groups is 2. The minimum Gasteiger partial charge on any atom is -0.378 e. The fourth-order valence-corrected chi connectivity index (χ4v) is 2.36. The van der Waals surface area contributed by atoms with Gasteiger partial charge in [0, 0.05) is 24.2 Å². The van der Waals surface area contributed by atoms with Crippen LogP contribution in [0.4, 0.5) is 0 Å². The van der Waals surface area contributed by atoms with Crippen molar-refractivity contribution in [2.75, 3.05) is 33.4 Å². The van der Waals surface area contributed by atoms with Gasteiger partial charge in [-0.3, -0.25) is 14.5 Å². The van der Waals surface area contributed by atoms with Gasteiger partial charge in [0.15, 0.2) is 5.78 Å². The van der Waals surface area contributed by atoms with Gasteiger partial charge in [-0.05, 0) is 12.1 Å². The van der Waals surface area contributed by atoms with Gasteiger partial charge in [0.2, 0.25) is 5.91 Å². The van der Waals surface area contributed by atoms with Crippen LogP contribution < -0.4 is 5.32 Å². The Morgan fingerprint density at radius 1 is 1.50 bits per heavy atom. The number of hydrogen-bond acceptors (Lipinski definition) is 4. The van der Waals surface area contributed by atoms with Gasteiger partial charge in [0.1, 0.15) is 6.04 Å². The summed E-state index contributed by atoms with van der Waals surface area (Å²) in [6, 6.07) is 6.41. The van der Waals surface area contributed by atoms with Crippen LogP contribution in [0.3, 0.4) is 0 Å². The molecule has 2 rings (SSSR count). The topological polar surface area (TPSA) is 58.6 Å². The molecule has 20 heavy (non-hydrogen) atoms. The van der Waals surface area contributed by atoms with Gasteiger partial charge in [-0.2, -0.15) is 0 Å². The summed E-state index contributed by atoms with van der Waals surface area (Å²) in [5.41, 5.74) is 0.555. The minimum atomic E-state index is -0.420. The lowest BCUT2D eigenvalue weighted by Crippen LogP contribution is -2.54. The third-order valence-electron chi connectivity index (χ3n) is 3.28. The summed E-state index contributed by atoms with van der Waals surface area (Å²) < 4.78 is 5.31. The maximum absolute atomic E-state index is 12.2. The molecule has 5 nitrogen and oxygen atoms in total. The monoisotopic (exact) mass is 296 g/mol. The van der Waals surface area contributed by atoms with Gasteiger partial charge >= 0.3 is 0 Å². The predicted molar refractivity (Wildman–Crippen MR) is 76.0 cm³/mol. The molecule has 1 fully saturated rings. The number of morpholine rings is 1. The quantitative estimate of drug-likeness (QED) is 0.841. The Bertz CT molecular complexity index is 507. The highest BCUT2D eigenvalue weighted by atomic mass is 35.5. The van der Waals surface area contributed by atoms with Crippen molar-refractivity contribution >= 4 is 23.3 Å². The molecular formula is C14H17ClN2O3. The van der Waals surface area contributed by atoms with Crippen LogP contribution in [-0.2, 0) is 9.53 Å². The van der Waals surface area contributed by atoms with Crippen LogP contribution in [-0.4, -0.2) is 56.0 Å². The highest BCUT2D eigenvalue weighted by Gasteiger charge is 2.30.